The molecule has 0 aliphatic carbocycles. The summed E-state index contributed by atoms with van der Waals surface area (Å²) in [6.07, 6.45) is 0. The predicted molar refractivity (Wildman–Crippen MR) is 52.4 cm³/mol. The highest BCUT2D eigenvalue weighted by atomic mass is 35.5. The molecule has 0 heterocycles. The minimum Gasteiger partial charge on any atom is -0.457 e. The van der Waals surface area contributed by atoms with Crippen molar-refractivity contribution in [3.05, 3.63) is 34.6 Å². The van der Waals surface area contributed by atoms with Gasteiger partial charge in [0.05, 0.1) is 5.02 Å². The van der Waals surface area contributed by atoms with Crippen molar-refractivity contribution < 1.29 is 18.7 Å². The molecule has 0 aromatic heterocycles. The molecule has 80 valence electrons. The second-order valence-electron chi connectivity index (χ2n) is 2.83. The van der Waals surface area contributed by atoms with Crippen LogP contribution in [0.5, 0.6) is 0 Å². The van der Waals surface area contributed by atoms with Crippen molar-refractivity contribution in [2.75, 3.05) is 6.61 Å². The zero-order valence-corrected chi connectivity index (χ0v) is 8.68. The molecule has 0 aliphatic heterocycles. The Morgan fingerprint density at radius 3 is 2.67 bits per heavy atom. The molecule has 0 radical (unpaired) electrons. The first-order chi connectivity index (χ1) is 7.00. The summed E-state index contributed by atoms with van der Waals surface area (Å²) < 4.78 is 17.1. The summed E-state index contributed by atoms with van der Waals surface area (Å²) in [5, 5.41) is 0.00662. The highest BCUT2D eigenvalue weighted by Crippen LogP contribution is 2.17. The Hall–Kier alpha value is -1.42. The van der Waals surface area contributed by atoms with E-state index in [-0.39, 0.29) is 17.2 Å². The van der Waals surface area contributed by atoms with Gasteiger partial charge >= 0.3 is 5.97 Å². The Bertz CT molecular complexity index is 404. The molecule has 0 atom stereocenters. The SMILES string of the molecule is CC(=O)OCC(=O)c1ccc(F)cc1Cl. The van der Waals surface area contributed by atoms with Crippen LogP contribution in [0.15, 0.2) is 18.2 Å². The van der Waals surface area contributed by atoms with Gasteiger partial charge in [0.15, 0.2) is 6.61 Å². The molecule has 3 nitrogen and oxygen atoms in total. The lowest BCUT2D eigenvalue weighted by Gasteiger charge is -2.03. The van der Waals surface area contributed by atoms with E-state index in [4.69, 9.17) is 11.6 Å². The third-order valence-electron chi connectivity index (χ3n) is 1.64. The highest BCUT2D eigenvalue weighted by molar-refractivity contribution is 6.34. The number of ether oxygens (including phenoxy) is 1. The number of benzene rings is 1. The molecule has 0 N–H and O–H groups in total. The van der Waals surface area contributed by atoms with Gasteiger partial charge in [0.2, 0.25) is 5.78 Å². The maximum Gasteiger partial charge on any atom is 0.303 e. The summed E-state index contributed by atoms with van der Waals surface area (Å²) in [4.78, 5) is 21.8. The van der Waals surface area contributed by atoms with Crippen LogP contribution >= 0.6 is 11.6 Å². The lowest BCUT2D eigenvalue weighted by molar-refractivity contribution is -0.139. The first-order valence-electron chi connectivity index (χ1n) is 4.12. The molecule has 0 bridgehead atoms. The van der Waals surface area contributed by atoms with Gasteiger partial charge in [-0.3, -0.25) is 9.59 Å². The predicted octanol–water partition coefficient (Wildman–Crippen LogP) is 2.22. The number of halogens is 2. The molecule has 1 aromatic carbocycles. The van der Waals surface area contributed by atoms with Crippen LogP contribution in [0.4, 0.5) is 4.39 Å². The minimum absolute atomic E-state index is 0.00662. The first-order valence-corrected chi connectivity index (χ1v) is 4.50. The van der Waals surface area contributed by atoms with Crippen LogP contribution < -0.4 is 0 Å². The third-order valence-corrected chi connectivity index (χ3v) is 1.95. The van der Waals surface area contributed by atoms with E-state index in [0.717, 1.165) is 12.1 Å². The average molecular weight is 231 g/mol. The molecule has 0 aliphatic rings. The van der Waals surface area contributed by atoms with E-state index in [2.05, 4.69) is 4.74 Å². The topological polar surface area (TPSA) is 43.4 Å². The summed E-state index contributed by atoms with van der Waals surface area (Å²) in [5.41, 5.74) is 0.138. The maximum absolute atomic E-state index is 12.6. The van der Waals surface area contributed by atoms with Crippen molar-refractivity contribution >= 4 is 23.4 Å². The molecule has 0 saturated heterocycles. The normalized spacial score (nSPS) is 9.80. The molecule has 15 heavy (non-hydrogen) atoms. The van der Waals surface area contributed by atoms with Gasteiger partial charge in [0.25, 0.3) is 0 Å². The van der Waals surface area contributed by atoms with E-state index in [9.17, 15) is 14.0 Å². The summed E-state index contributed by atoms with van der Waals surface area (Å²) in [6, 6.07) is 3.40. The van der Waals surface area contributed by atoms with Crippen molar-refractivity contribution in [2.24, 2.45) is 0 Å². The van der Waals surface area contributed by atoms with E-state index in [1.54, 1.807) is 0 Å². The second-order valence-corrected chi connectivity index (χ2v) is 3.23. The molecule has 0 fully saturated rings. The molecule has 5 heteroatoms. The standard InChI is InChI=1S/C10H8ClFO3/c1-6(13)15-5-10(14)8-3-2-7(12)4-9(8)11/h2-4H,5H2,1H3. The largest absolute Gasteiger partial charge is 0.457 e. The monoisotopic (exact) mass is 230 g/mol. The van der Waals surface area contributed by atoms with Gasteiger partial charge in [0.1, 0.15) is 5.82 Å². The number of carbonyl (C=O) groups excluding carboxylic acids is 2. The maximum atomic E-state index is 12.6. The number of rotatable bonds is 3. The fraction of sp³-hybridized carbons (Fsp3) is 0.200. The van der Waals surface area contributed by atoms with Crippen LogP contribution in [-0.2, 0) is 9.53 Å². The van der Waals surface area contributed by atoms with Crippen molar-refractivity contribution in [1.82, 2.24) is 0 Å². The molecular weight excluding hydrogens is 223 g/mol. The van der Waals surface area contributed by atoms with Crippen molar-refractivity contribution in [2.45, 2.75) is 6.92 Å². The van der Waals surface area contributed by atoms with Gasteiger partial charge in [0, 0.05) is 12.5 Å². The molecule has 1 aromatic rings. The summed E-state index contributed by atoms with van der Waals surface area (Å²) >= 11 is 5.64. The fourth-order valence-corrected chi connectivity index (χ4v) is 1.23. The van der Waals surface area contributed by atoms with Gasteiger partial charge in [-0.1, -0.05) is 11.6 Å². The van der Waals surface area contributed by atoms with Crippen LogP contribution in [-0.4, -0.2) is 18.4 Å². The van der Waals surface area contributed by atoms with Gasteiger partial charge < -0.3 is 4.74 Å². The Morgan fingerprint density at radius 2 is 2.13 bits per heavy atom. The smallest absolute Gasteiger partial charge is 0.303 e. The molecule has 0 saturated carbocycles. The van der Waals surface area contributed by atoms with E-state index in [1.807, 2.05) is 0 Å². The number of hydrogen-bond donors (Lipinski definition) is 0. The van der Waals surface area contributed by atoms with Gasteiger partial charge in [-0.25, -0.2) is 4.39 Å². The number of ketones is 1. The quantitative estimate of drug-likeness (QED) is 0.591. The number of esters is 1. The van der Waals surface area contributed by atoms with Crippen molar-refractivity contribution in [1.29, 1.82) is 0 Å². The van der Waals surface area contributed by atoms with Crippen LogP contribution in [0.2, 0.25) is 5.02 Å². The van der Waals surface area contributed by atoms with E-state index < -0.39 is 17.6 Å². The Morgan fingerprint density at radius 1 is 1.47 bits per heavy atom. The lowest BCUT2D eigenvalue weighted by atomic mass is 10.1. The van der Waals surface area contributed by atoms with Crippen LogP contribution in [0.25, 0.3) is 0 Å². The van der Waals surface area contributed by atoms with Crippen molar-refractivity contribution in [3.8, 4) is 0 Å². The van der Waals surface area contributed by atoms with Crippen LogP contribution in [0.3, 0.4) is 0 Å². The molecule has 0 unspecified atom stereocenters. The number of hydrogen-bond acceptors (Lipinski definition) is 3. The third kappa shape index (κ3) is 3.32. The molecule has 1 rings (SSSR count). The summed E-state index contributed by atoms with van der Waals surface area (Å²) in [6.45, 7) is 0.806. The number of carbonyl (C=O) groups is 2. The Labute approximate surface area is 90.8 Å². The lowest BCUT2D eigenvalue weighted by Crippen LogP contribution is -2.12. The van der Waals surface area contributed by atoms with E-state index in [0.29, 0.717) is 0 Å². The van der Waals surface area contributed by atoms with E-state index >= 15 is 0 Å². The summed E-state index contributed by atoms with van der Waals surface area (Å²) in [5.74, 6) is -1.54. The van der Waals surface area contributed by atoms with Crippen LogP contribution in [0.1, 0.15) is 17.3 Å². The fourth-order valence-electron chi connectivity index (χ4n) is 0.961. The average Bonchev–Trinajstić information content (AvgIpc) is 2.14. The Balaban J connectivity index is 2.78. The number of Topliss-reactive ketones (excluding diaryl/α,β-unsaturated/α-hetero) is 1. The van der Waals surface area contributed by atoms with E-state index in [1.165, 1.54) is 13.0 Å². The van der Waals surface area contributed by atoms with Gasteiger partial charge in [-0.2, -0.15) is 0 Å². The van der Waals surface area contributed by atoms with Gasteiger partial charge in [-0.05, 0) is 18.2 Å². The first kappa shape index (κ1) is 11.7. The zero-order chi connectivity index (χ0) is 11.4. The van der Waals surface area contributed by atoms with Gasteiger partial charge in [-0.15, -0.1) is 0 Å². The minimum atomic E-state index is -0.554. The second kappa shape index (κ2) is 4.89. The van der Waals surface area contributed by atoms with Crippen molar-refractivity contribution in [3.63, 3.8) is 0 Å². The van der Waals surface area contributed by atoms with Crippen LogP contribution in [0, 0.1) is 5.82 Å². The summed E-state index contributed by atoms with van der Waals surface area (Å²) in [7, 11) is 0. The Kier molecular flexibility index (Phi) is 3.80. The highest BCUT2D eigenvalue weighted by Gasteiger charge is 2.12. The molecular formula is C10H8ClFO3. The molecule has 0 spiro atoms. The zero-order valence-electron chi connectivity index (χ0n) is 7.92. The molecule has 0 amide bonds.